The maximum atomic E-state index is 12.4. The second kappa shape index (κ2) is 9.43. The van der Waals surface area contributed by atoms with E-state index < -0.39 is 0 Å². The molecule has 3 nitrogen and oxygen atoms in total. The van der Waals surface area contributed by atoms with Crippen LogP contribution in [0.1, 0.15) is 63.7 Å². The van der Waals surface area contributed by atoms with Crippen molar-refractivity contribution >= 4 is 11.6 Å². The summed E-state index contributed by atoms with van der Waals surface area (Å²) in [6.07, 6.45) is 4.46. The van der Waals surface area contributed by atoms with Gasteiger partial charge in [-0.25, -0.2) is 0 Å². The Balaban J connectivity index is 2.54. The Hall–Kier alpha value is -1.51. The number of hydrogen-bond donors (Lipinski definition) is 2. The molecule has 21 heavy (non-hydrogen) atoms. The Bertz CT molecular complexity index is 429. The van der Waals surface area contributed by atoms with E-state index in [1.54, 1.807) is 0 Å². The third-order valence-corrected chi connectivity index (χ3v) is 3.53. The molecule has 0 heterocycles. The summed E-state index contributed by atoms with van der Waals surface area (Å²) in [5, 5.41) is 6.42. The van der Waals surface area contributed by atoms with Crippen molar-refractivity contribution in [2.45, 2.75) is 59.4 Å². The van der Waals surface area contributed by atoms with E-state index in [2.05, 4.69) is 38.3 Å². The van der Waals surface area contributed by atoms with Crippen molar-refractivity contribution in [2.75, 3.05) is 11.9 Å². The molecule has 1 aromatic carbocycles. The van der Waals surface area contributed by atoms with Gasteiger partial charge in [0.05, 0.1) is 5.56 Å². The number of para-hydroxylation sites is 1. The van der Waals surface area contributed by atoms with Crippen molar-refractivity contribution < 1.29 is 4.79 Å². The van der Waals surface area contributed by atoms with Gasteiger partial charge in [0.2, 0.25) is 0 Å². The predicted octanol–water partition coefficient (Wildman–Crippen LogP) is 4.45. The smallest absolute Gasteiger partial charge is 0.253 e. The minimum atomic E-state index is 0.0197. The van der Waals surface area contributed by atoms with E-state index >= 15 is 0 Å². The molecule has 1 unspecified atom stereocenters. The molecule has 3 heteroatoms. The number of carbonyl (C=O) groups excluding carboxylic acids is 1. The second-order valence-corrected chi connectivity index (χ2v) is 6.17. The summed E-state index contributed by atoms with van der Waals surface area (Å²) >= 11 is 0. The minimum Gasteiger partial charge on any atom is -0.384 e. The Kier molecular flexibility index (Phi) is 7.88. The van der Waals surface area contributed by atoms with Crippen molar-refractivity contribution in [3.63, 3.8) is 0 Å². The largest absolute Gasteiger partial charge is 0.384 e. The van der Waals surface area contributed by atoms with Crippen molar-refractivity contribution in [1.29, 1.82) is 0 Å². The first kappa shape index (κ1) is 17.5. The van der Waals surface area contributed by atoms with Gasteiger partial charge in [-0.15, -0.1) is 0 Å². The number of rotatable bonds is 9. The third-order valence-electron chi connectivity index (χ3n) is 3.53. The fourth-order valence-electron chi connectivity index (χ4n) is 2.30. The zero-order valence-corrected chi connectivity index (χ0v) is 13.9. The average Bonchev–Trinajstić information content (AvgIpc) is 2.44. The number of carbonyl (C=O) groups is 1. The summed E-state index contributed by atoms with van der Waals surface area (Å²) < 4.78 is 0. The van der Waals surface area contributed by atoms with Gasteiger partial charge in [-0.2, -0.15) is 0 Å². The summed E-state index contributed by atoms with van der Waals surface area (Å²) in [6.45, 7) is 9.55. The molecule has 1 aromatic rings. The van der Waals surface area contributed by atoms with Gasteiger partial charge in [0.25, 0.3) is 5.91 Å². The number of nitrogens with one attached hydrogen (secondary N) is 2. The van der Waals surface area contributed by atoms with Crippen LogP contribution in [0.3, 0.4) is 0 Å². The summed E-state index contributed by atoms with van der Waals surface area (Å²) in [6, 6.07) is 7.94. The van der Waals surface area contributed by atoms with Crippen molar-refractivity contribution in [3.05, 3.63) is 29.8 Å². The zero-order valence-electron chi connectivity index (χ0n) is 13.9. The molecule has 0 aliphatic carbocycles. The van der Waals surface area contributed by atoms with E-state index in [4.69, 9.17) is 0 Å². The second-order valence-electron chi connectivity index (χ2n) is 6.17. The van der Waals surface area contributed by atoms with Crippen molar-refractivity contribution in [1.82, 2.24) is 5.32 Å². The van der Waals surface area contributed by atoms with Crippen molar-refractivity contribution in [3.8, 4) is 0 Å². The van der Waals surface area contributed by atoms with Crippen LogP contribution in [0.15, 0.2) is 24.3 Å². The van der Waals surface area contributed by atoms with Gasteiger partial charge in [0.15, 0.2) is 0 Å². The molecule has 118 valence electrons. The average molecular weight is 290 g/mol. The topological polar surface area (TPSA) is 41.1 Å². The van der Waals surface area contributed by atoms with E-state index in [9.17, 15) is 4.79 Å². The first-order valence-electron chi connectivity index (χ1n) is 8.18. The standard InChI is InChI=1S/C18H30N2O/c1-5-13-19-17-12-7-6-11-16(17)18(21)20-15(4)10-8-9-14(2)3/h6-7,11-12,14-15,19H,5,8-10,13H2,1-4H3,(H,20,21). The highest BCUT2D eigenvalue weighted by Gasteiger charge is 2.13. The minimum absolute atomic E-state index is 0.0197. The number of anilines is 1. The lowest BCUT2D eigenvalue weighted by molar-refractivity contribution is 0.0938. The molecule has 0 saturated heterocycles. The van der Waals surface area contributed by atoms with Crippen LogP contribution >= 0.6 is 0 Å². The van der Waals surface area contributed by atoms with E-state index in [0.29, 0.717) is 0 Å². The molecule has 0 fully saturated rings. The van der Waals surface area contributed by atoms with Crippen molar-refractivity contribution in [2.24, 2.45) is 5.92 Å². The van der Waals surface area contributed by atoms with Crippen LogP contribution in [0.25, 0.3) is 0 Å². The van der Waals surface area contributed by atoms with E-state index in [1.165, 1.54) is 6.42 Å². The molecule has 0 spiro atoms. The maximum Gasteiger partial charge on any atom is 0.253 e. The summed E-state index contributed by atoms with van der Waals surface area (Å²) in [5.74, 6) is 0.748. The molecule has 0 radical (unpaired) electrons. The van der Waals surface area contributed by atoms with E-state index in [0.717, 1.165) is 43.0 Å². The molecule has 0 bridgehead atoms. The number of benzene rings is 1. The molecular formula is C18H30N2O. The Labute approximate surface area is 129 Å². The van der Waals surface area contributed by atoms with Gasteiger partial charge < -0.3 is 10.6 Å². The van der Waals surface area contributed by atoms with Crippen LogP contribution in [0.2, 0.25) is 0 Å². The highest BCUT2D eigenvalue weighted by Crippen LogP contribution is 2.16. The Morgan fingerprint density at radius 2 is 1.86 bits per heavy atom. The maximum absolute atomic E-state index is 12.4. The molecule has 1 amide bonds. The first-order chi connectivity index (χ1) is 10.0. The van der Waals surface area contributed by atoms with Gasteiger partial charge in [-0.3, -0.25) is 4.79 Å². The lowest BCUT2D eigenvalue weighted by Crippen LogP contribution is -2.33. The molecule has 0 saturated carbocycles. The van der Waals surface area contributed by atoms with Crippen LogP contribution in [-0.4, -0.2) is 18.5 Å². The third kappa shape index (κ3) is 6.65. The fourth-order valence-corrected chi connectivity index (χ4v) is 2.30. The molecule has 1 atom stereocenters. The normalized spacial score (nSPS) is 12.2. The Morgan fingerprint density at radius 3 is 2.52 bits per heavy atom. The van der Waals surface area contributed by atoms with Gasteiger partial charge in [-0.1, -0.05) is 45.7 Å². The van der Waals surface area contributed by atoms with E-state index in [-0.39, 0.29) is 11.9 Å². The number of amides is 1. The SMILES string of the molecule is CCCNc1ccccc1C(=O)NC(C)CCCC(C)C. The van der Waals surface area contributed by atoms with Crippen LogP contribution in [0, 0.1) is 5.92 Å². The molecule has 1 rings (SSSR count). The molecule has 2 N–H and O–H groups in total. The van der Waals surface area contributed by atoms with Gasteiger partial charge in [-0.05, 0) is 37.8 Å². The van der Waals surface area contributed by atoms with Crippen LogP contribution in [0.4, 0.5) is 5.69 Å². The molecule has 0 aliphatic heterocycles. The number of hydrogen-bond acceptors (Lipinski definition) is 2. The van der Waals surface area contributed by atoms with Crippen LogP contribution in [-0.2, 0) is 0 Å². The molecular weight excluding hydrogens is 260 g/mol. The first-order valence-corrected chi connectivity index (χ1v) is 8.18. The van der Waals surface area contributed by atoms with E-state index in [1.807, 2.05) is 24.3 Å². The van der Waals surface area contributed by atoms with Crippen LogP contribution in [0.5, 0.6) is 0 Å². The highest BCUT2D eigenvalue weighted by atomic mass is 16.1. The monoisotopic (exact) mass is 290 g/mol. The summed E-state index contributed by atoms with van der Waals surface area (Å²) in [5.41, 5.74) is 1.66. The zero-order chi connectivity index (χ0) is 15.7. The van der Waals surface area contributed by atoms with Gasteiger partial charge in [0.1, 0.15) is 0 Å². The van der Waals surface area contributed by atoms with Gasteiger partial charge in [0, 0.05) is 18.3 Å². The van der Waals surface area contributed by atoms with Gasteiger partial charge >= 0.3 is 0 Å². The summed E-state index contributed by atoms with van der Waals surface area (Å²) in [4.78, 5) is 12.4. The lowest BCUT2D eigenvalue weighted by Gasteiger charge is -2.16. The summed E-state index contributed by atoms with van der Waals surface area (Å²) in [7, 11) is 0. The lowest BCUT2D eigenvalue weighted by atomic mass is 10.0. The fraction of sp³-hybridized carbons (Fsp3) is 0.611. The molecule has 0 aliphatic rings. The highest BCUT2D eigenvalue weighted by molar-refractivity contribution is 5.99. The predicted molar refractivity (Wildman–Crippen MR) is 90.8 cm³/mol. The Morgan fingerprint density at radius 1 is 1.14 bits per heavy atom. The van der Waals surface area contributed by atoms with Crippen LogP contribution < -0.4 is 10.6 Å². The quantitative estimate of drug-likeness (QED) is 0.705. The molecule has 0 aromatic heterocycles.